The molecule has 0 aromatic heterocycles. The van der Waals surface area contributed by atoms with E-state index in [1.54, 1.807) is 48.4 Å². The Bertz CT molecular complexity index is 1090. The van der Waals surface area contributed by atoms with Gasteiger partial charge in [0.15, 0.2) is 5.76 Å². The molecule has 4 rings (SSSR count). The van der Waals surface area contributed by atoms with Crippen LogP contribution in [0.25, 0.3) is 5.57 Å². The number of hydrogen-bond acceptors (Lipinski definition) is 3. The lowest BCUT2D eigenvalue weighted by Crippen LogP contribution is -2.29. The van der Waals surface area contributed by atoms with Gasteiger partial charge in [-0.3, -0.25) is 4.79 Å². The Balaban J connectivity index is 1.79. The molecule has 0 spiro atoms. The zero-order valence-corrected chi connectivity index (χ0v) is 17.7. The average Bonchev–Trinajstić information content (AvgIpc) is 3.01. The third kappa shape index (κ3) is 3.89. The smallest absolute Gasteiger partial charge is 0.290 e. The van der Waals surface area contributed by atoms with Crippen molar-refractivity contribution >= 4 is 34.7 Å². The summed E-state index contributed by atoms with van der Waals surface area (Å²) in [7, 11) is 1.59. The SMILES string of the molecule is COc1ccc(C2=C(O)C(=O)N(Cc3ccc(Cl)cc3)[C@@H]2c2ccc(Cl)cc2)cc1. The van der Waals surface area contributed by atoms with Gasteiger partial charge in [-0.2, -0.15) is 0 Å². The predicted octanol–water partition coefficient (Wildman–Crippen LogP) is 6.05. The van der Waals surface area contributed by atoms with E-state index in [0.717, 1.165) is 16.7 Å². The number of carbonyl (C=O) groups excluding carboxylic acids is 1. The molecular weight excluding hydrogens is 421 g/mol. The summed E-state index contributed by atoms with van der Waals surface area (Å²) in [5.74, 6) is 0.0222. The van der Waals surface area contributed by atoms with Gasteiger partial charge in [0.05, 0.1) is 13.2 Å². The van der Waals surface area contributed by atoms with Gasteiger partial charge in [0.1, 0.15) is 5.75 Å². The number of ether oxygens (including phenoxy) is 1. The molecule has 1 atom stereocenters. The van der Waals surface area contributed by atoms with Crippen LogP contribution in [0.3, 0.4) is 0 Å². The highest BCUT2D eigenvalue weighted by Gasteiger charge is 2.41. The Morgan fingerprint density at radius 3 is 2.03 bits per heavy atom. The van der Waals surface area contributed by atoms with E-state index in [4.69, 9.17) is 27.9 Å². The average molecular weight is 440 g/mol. The summed E-state index contributed by atoms with van der Waals surface area (Å²) in [6.07, 6.45) is 0. The fraction of sp³-hybridized carbons (Fsp3) is 0.125. The first-order valence-corrected chi connectivity index (χ1v) is 10.1. The topological polar surface area (TPSA) is 49.8 Å². The molecule has 1 N–H and O–H groups in total. The normalized spacial score (nSPS) is 16.3. The fourth-order valence-electron chi connectivity index (χ4n) is 3.66. The number of nitrogens with zero attached hydrogens (tertiary/aromatic N) is 1. The summed E-state index contributed by atoms with van der Waals surface area (Å²) >= 11 is 12.1. The summed E-state index contributed by atoms with van der Waals surface area (Å²) in [6.45, 7) is 0.326. The lowest BCUT2D eigenvalue weighted by molar-refractivity contribution is -0.130. The third-order valence-corrected chi connectivity index (χ3v) is 5.66. The zero-order chi connectivity index (χ0) is 21.3. The van der Waals surface area contributed by atoms with E-state index in [1.165, 1.54) is 0 Å². The van der Waals surface area contributed by atoms with Crippen molar-refractivity contribution in [3.63, 3.8) is 0 Å². The summed E-state index contributed by atoms with van der Waals surface area (Å²) < 4.78 is 5.23. The van der Waals surface area contributed by atoms with E-state index in [2.05, 4.69) is 0 Å². The second kappa shape index (κ2) is 8.42. The monoisotopic (exact) mass is 439 g/mol. The maximum atomic E-state index is 13.1. The molecule has 0 fully saturated rings. The van der Waals surface area contributed by atoms with Gasteiger partial charge in [0, 0.05) is 22.2 Å². The molecule has 0 radical (unpaired) electrons. The third-order valence-electron chi connectivity index (χ3n) is 5.16. The second-order valence-electron chi connectivity index (χ2n) is 7.00. The molecule has 3 aromatic carbocycles. The highest BCUT2D eigenvalue weighted by atomic mass is 35.5. The number of benzene rings is 3. The fourth-order valence-corrected chi connectivity index (χ4v) is 3.91. The molecule has 0 saturated heterocycles. The summed E-state index contributed by atoms with van der Waals surface area (Å²) in [4.78, 5) is 14.7. The standard InChI is InChI=1S/C24H19Cl2NO3/c1-30-20-12-6-16(7-13-20)21-22(17-4-10-19(26)11-5-17)27(24(29)23(21)28)14-15-2-8-18(25)9-3-15/h2-13,22,28H,14H2,1H3/t22-/m1/s1. The molecule has 1 aliphatic heterocycles. The van der Waals surface area contributed by atoms with Crippen molar-refractivity contribution in [1.82, 2.24) is 4.90 Å². The minimum Gasteiger partial charge on any atom is -0.503 e. The molecule has 0 unspecified atom stereocenters. The van der Waals surface area contributed by atoms with Gasteiger partial charge in [0.25, 0.3) is 5.91 Å². The highest BCUT2D eigenvalue weighted by molar-refractivity contribution is 6.30. The van der Waals surface area contributed by atoms with E-state index in [-0.39, 0.29) is 5.76 Å². The van der Waals surface area contributed by atoms with Gasteiger partial charge in [-0.1, -0.05) is 59.6 Å². The van der Waals surface area contributed by atoms with Crippen LogP contribution in [0.4, 0.5) is 0 Å². The Morgan fingerprint density at radius 2 is 1.47 bits per heavy atom. The quantitative estimate of drug-likeness (QED) is 0.525. The maximum absolute atomic E-state index is 13.1. The Hall–Kier alpha value is -2.95. The molecule has 1 amide bonds. The molecular formula is C24H19Cl2NO3. The molecule has 6 heteroatoms. The van der Waals surface area contributed by atoms with Crippen LogP contribution < -0.4 is 4.74 Å². The first-order chi connectivity index (χ1) is 14.5. The molecule has 1 aliphatic rings. The van der Waals surface area contributed by atoms with Crippen LogP contribution in [0.2, 0.25) is 10.0 Å². The highest BCUT2D eigenvalue weighted by Crippen LogP contribution is 2.44. The van der Waals surface area contributed by atoms with Crippen LogP contribution in [0, 0.1) is 0 Å². The summed E-state index contributed by atoms with van der Waals surface area (Å²) in [5, 5.41) is 12.1. The van der Waals surface area contributed by atoms with Gasteiger partial charge in [-0.25, -0.2) is 0 Å². The number of amides is 1. The minimum absolute atomic E-state index is 0.255. The van der Waals surface area contributed by atoms with Crippen LogP contribution in [0.15, 0.2) is 78.6 Å². The maximum Gasteiger partial charge on any atom is 0.290 e. The van der Waals surface area contributed by atoms with E-state index in [1.807, 2.05) is 36.4 Å². The summed E-state index contributed by atoms with van der Waals surface area (Å²) in [6, 6.07) is 21.5. The van der Waals surface area contributed by atoms with Gasteiger partial charge < -0.3 is 14.7 Å². The number of aliphatic hydroxyl groups is 1. The molecule has 0 bridgehead atoms. The van der Waals surface area contributed by atoms with Gasteiger partial charge in [-0.05, 0) is 53.1 Å². The van der Waals surface area contributed by atoms with Crippen molar-refractivity contribution in [2.45, 2.75) is 12.6 Å². The first-order valence-electron chi connectivity index (χ1n) is 9.36. The van der Waals surface area contributed by atoms with Crippen molar-refractivity contribution in [3.05, 3.63) is 105 Å². The van der Waals surface area contributed by atoms with Gasteiger partial charge in [-0.15, -0.1) is 0 Å². The van der Waals surface area contributed by atoms with Crippen LogP contribution in [-0.2, 0) is 11.3 Å². The number of rotatable bonds is 5. The Labute approximate surface area is 184 Å². The number of aliphatic hydroxyl groups excluding tert-OH is 1. The van der Waals surface area contributed by atoms with Crippen LogP contribution in [-0.4, -0.2) is 23.0 Å². The Morgan fingerprint density at radius 1 is 0.900 bits per heavy atom. The van der Waals surface area contributed by atoms with Crippen molar-refractivity contribution < 1.29 is 14.6 Å². The predicted molar refractivity (Wildman–Crippen MR) is 119 cm³/mol. The lowest BCUT2D eigenvalue weighted by Gasteiger charge is -2.27. The number of halogens is 2. The largest absolute Gasteiger partial charge is 0.503 e. The molecule has 30 heavy (non-hydrogen) atoms. The number of methoxy groups -OCH3 is 1. The van der Waals surface area contributed by atoms with E-state index < -0.39 is 11.9 Å². The van der Waals surface area contributed by atoms with E-state index in [0.29, 0.717) is 27.9 Å². The first kappa shape index (κ1) is 20.3. The van der Waals surface area contributed by atoms with Gasteiger partial charge in [0.2, 0.25) is 0 Å². The molecule has 4 nitrogen and oxygen atoms in total. The van der Waals surface area contributed by atoms with E-state index in [9.17, 15) is 9.90 Å². The van der Waals surface area contributed by atoms with Crippen molar-refractivity contribution in [3.8, 4) is 5.75 Å². The molecule has 0 aliphatic carbocycles. The molecule has 152 valence electrons. The minimum atomic E-state index is -0.459. The zero-order valence-electron chi connectivity index (χ0n) is 16.2. The van der Waals surface area contributed by atoms with Crippen LogP contribution >= 0.6 is 23.2 Å². The van der Waals surface area contributed by atoms with Crippen LogP contribution in [0.1, 0.15) is 22.7 Å². The number of hydrogen-bond donors (Lipinski definition) is 1. The molecule has 1 heterocycles. The van der Waals surface area contributed by atoms with Crippen molar-refractivity contribution in [2.75, 3.05) is 7.11 Å². The molecule has 0 saturated carbocycles. The molecule has 3 aromatic rings. The lowest BCUT2D eigenvalue weighted by atomic mass is 9.93. The number of carbonyl (C=O) groups is 1. The van der Waals surface area contributed by atoms with E-state index >= 15 is 0 Å². The second-order valence-corrected chi connectivity index (χ2v) is 7.88. The van der Waals surface area contributed by atoms with Gasteiger partial charge >= 0.3 is 0 Å². The van der Waals surface area contributed by atoms with Crippen molar-refractivity contribution in [2.24, 2.45) is 0 Å². The van der Waals surface area contributed by atoms with Crippen molar-refractivity contribution in [1.29, 1.82) is 0 Å². The summed E-state index contributed by atoms with van der Waals surface area (Å²) in [5.41, 5.74) is 3.08. The Kier molecular flexibility index (Phi) is 5.71. The van der Waals surface area contributed by atoms with Crippen LogP contribution in [0.5, 0.6) is 5.75 Å².